The molecule has 1 fully saturated rings. The second-order valence-corrected chi connectivity index (χ2v) is 6.37. The zero-order chi connectivity index (χ0) is 17.3. The van der Waals surface area contributed by atoms with Gasteiger partial charge in [-0.05, 0) is 37.3 Å². The molecule has 2 aromatic rings. The van der Waals surface area contributed by atoms with Gasteiger partial charge in [-0.3, -0.25) is 4.99 Å². The zero-order valence-electron chi connectivity index (χ0n) is 14.9. The molecule has 2 N–H and O–H groups in total. The van der Waals surface area contributed by atoms with Gasteiger partial charge in [-0.15, -0.1) is 0 Å². The van der Waals surface area contributed by atoms with Crippen molar-refractivity contribution in [1.82, 2.24) is 10.6 Å². The molecule has 2 aromatic carbocycles. The molecule has 0 bridgehead atoms. The van der Waals surface area contributed by atoms with Crippen LogP contribution in [0, 0.1) is 0 Å². The van der Waals surface area contributed by atoms with Crippen molar-refractivity contribution >= 4 is 5.96 Å². The molecule has 4 heteroatoms. The van der Waals surface area contributed by atoms with E-state index in [0.717, 1.165) is 24.7 Å². The lowest BCUT2D eigenvalue weighted by molar-refractivity contribution is 0.119. The third-order valence-electron chi connectivity index (χ3n) is 4.54. The van der Waals surface area contributed by atoms with Gasteiger partial charge in [0.1, 0.15) is 5.75 Å². The Balaban J connectivity index is 1.47. The van der Waals surface area contributed by atoms with E-state index in [9.17, 15) is 0 Å². The second-order valence-electron chi connectivity index (χ2n) is 6.37. The topological polar surface area (TPSA) is 45.7 Å². The van der Waals surface area contributed by atoms with Crippen LogP contribution in [0.3, 0.4) is 0 Å². The summed E-state index contributed by atoms with van der Waals surface area (Å²) in [6.07, 6.45) is 4.99. The minimum absolute atomic E-state index is 0.393. The fraction of sp³-hybridized carbons (Fsp3) is 0.381. The van der Waals surface area contributed by atoms with Gasteiger partial charge in [0.05, 0.1) is 6.10 Å². The third kappa shape index (κ3) is 5.24. The maximum Gasteiger partial charge on any atom is 0.191 e. The number of aliphatic imine (C=N–C) groups is 1. The molecule has 0 atom stereocenters. The van der Waals surface area contributed by atoms with E-state index in [1.54, 1.807) is 7.05 Å². The lowest BCUT2D eigenvalue weighted by atomic mass is 9.96. The van der Waals surface area contributed by atoms with Gasteiger partial charge < -0.3 is 15.4 Å². The molecule has 1 aliphatic rings. The van der Waals surface area contributed by atoms with E-state index in [0.29, 0.717) is 12.6 Å². The minimum atomic E-state index is 0.393. The fourth-order valence-electron chi connectivity index (χ4n) is 2.80. The van der Waals surface area contributed by atoms with Crippen molar-refractivity contribution in [2.45, 2.75) is 38.3 Å². The fourth-order valence-corrected chi connectivity index (χ4v) is 2.80. The van der Waals surface area contributed by atoms with E-state index >= 15 is 0 Å². The number of ether oxygens (including phenoxy) is 1. The molecule has 0 heterocycles. The molecule has 0 unspecified atom stereocenters. The Bertz CT molecular complexity index is 681. The Morgan fingerprint density at radius 2 is 1.80 bits per heavy atom. The highest BCUT2D eigenvalue weighted by molar-refractivity contribution is 5.79. The van der Waals surface area contributed by atoms with E-state index < -0.39 is 0 Å². The number of hydrogen-bond donors (Lipinski definition) is 2. The summed E-state index contributed by atoms with van der Waals surface area (Å²) >= 11 is 0. The van der Waals surface area contributed by atoms with E-state index in [4.69, 9.17) is 4.74 Å². The monoisotopic (exact) mass is 337 g/mol. The summed E-state index contributed by atoms with van der Waals surface area (Å²) in [5.74, 6) is 1.80. The number of nitrogens with one attached hydrogen (secondary N) is 2. The summed E-state index contributed by atoms with van der Waals surface area (Å²) in [6.45, 7) is 1.55. The number of nitrogens with zero attached hydrogens (tertiary/aromatic N) is 1. The van der Waals surface area contributed by atoms with E-state index in [1.165, 1.54) is 30.4 Å². The first-order chi connectivity index (χ1) is 12.3. The maximum absolute atomic E-state index is 6.09. The van der Waals surface area contributed by atoms with Gasteiger partial charge in [-0.25, -0.2) is 0 Å². The smallest absolute Gasteiger partial charge is 0.191 e. The highest BCUT2D eigenvalue weighted by Crippen LogP contribution is 2.27. The van der Waals surface area contributed by atoms with Crippen LogP contribution in [-0.2, 0) is 13.0 Å². The third-order valence-corrected chi connectivity index (χ3v) is 4.54. The Kier molecular flexibility index (Phi) is 6.32. The summed E-state index contributed by atoms with van der Waals surface area (Å²) < 4.78 is 6.09. The molecular weight excluding hydrogens is 310 g/mol. The van der Waals surface area contributed by atoms with Crippen LogP contribution in [0.4, 0.5) is 0 Å². The highest BCUT2D eigenvalue weighted by atomic mass is 16.5. The van der Waals surface area contributed by atoms with Crippen LogP contribution < -0.4 is 15.4 Å². The standard InChI is InChI=1S/C21H27N3O/c1-22-21(23-15-14-17-8-3-2-4-9-17)24-16-18-10-5-6-13-20(18)25-19-11-7-12-19/h2-6,8-10,13,19H,7,11-12,14-16H2,1H3,(H2,22,23,24). The summed E-state index contributed by atoms with van der Waals surface area (Å²) in [5, 5.41) is 6.75. The first-order valence-electron chi connectivity index (χ1n) is 9.08. The van der Waals surface area contributed by atoms with Gasteiger partial charge in [0.2, 0.25) is 0 Å². The van der Waals surface area contributed by atoms with Crippen molar-refractivity contribution in [3.05, 3.63) is 65.7 Å². The number of guanidine groups is 1. The summed E-state index contributed by atoms with van der Waals surface area (Å²) in [5.41, 5.74) is 2.49. The lowest BCUT2D eigenvalue weighted by Crippen LogP contribution is -2.38. The lowest BCUT2D eigenvalue weighted by Gasteiger charge is -2.27. The zero-order valence-corrected chi connectivity index (χ0v) is 14.9. The van der Waals surface area contributed by atoms with Crippen molar-refractivity contribution in [2.75, 3.05) is 13.6 Å². The van der Waals surface area contributed by atoms with Crippen molar-refractivity contribution < 1.29 is 4.74 Å². The molecular formula is C21H27N3O. The molecule has 0 aliphatic heterocycles. The van der Waals surface area contributed by atoms with Crippen molar-refractivity contribution in [3.63, 3.8) is 0 Å². The van der Waals surface area contributed by atoms with Crippen molar-refractivity contribution in [1.29, 1.82) is 0 Å². The largest absolute Gasteiger partial charge is 0.490 e. The Morgan fingerprint density at radius 1 is 1.04 bits per heavy atom. The molecule has 0 radical (unpaired) electrons. The minimum Gasteiger partial charge on any atom is -0.490 e. The van der Waals surface area contributed by atoms with E-state index in [-0.39, 0.29) is 0 Å². The maximum atomic E-state index is 6.09. The van der Waals surface area contributed by atoms with Gasteiger partial charge in [0.15, 0.2) is 5.96 Å². The average molecular weight is 337 g/mol. The molecule has 0 spiro atoms. The highest BCUT2D eigenvalue weighted by Gasteiger charge is 2.20. The number of hydrogen-bond acceptors (Lipinski definition) is 2. The molecule has 0 saturated heterocycles. The number of benzene rings is 2. The molecule has 0 amide bonds. The van der Waals surface area contributed by atoms with Crippen molar-refractivity contribution in [3.8, 4) is 5.75 Å². The molecule has 132 valence electrons. The molecule has 3 rings (SSSR count). The van der Waals surface area contributed by atoms with Crippen LogP contribution in [0.5, 0.6) is 5.75 Å². The molecule has 0 aromatic heterocycles. The van der Waals surface area contributed by atoms with Gasteiger partial charge in [0.25, 0.3) is 0 Å². The van der Waals surface area contributed by atoms with Gasteiger partial charge in [-0.2, -0.15) is 0 Å². The first kappa shape index (κ1) is 17.3. The summed E-state index contributed by atoms with van der Waals surface area (Å²) in [4.78, 5) is 4.31. The second kappa shape index (κ2) is 9.11. The quantitative estimate of drug-likeness (QED) is 0.600. The van der Waals surface area contributed by atoms with Crippen LogP contribution in [-0.4, -0.2) is 25.7 Å². The Labute approximate surface area is 150 Å². The number of para-hydroxylation sites is 1. The van der Waals surface area contributed by atoms with Gasteiger partial charge in [-0.1, -0.05) is 48.5 Å². The summed E-state index contributed by atoms with van der Waals surface area (Å²) in [7, 11) is 1.80. The predicted molar refractivity (Wildman–Crippen MR) is 103 cm³/mol. The van der Waals surface area contributed by atoms with Gasteiger partial charge >= 0.3 is 0 Å². The SMILES string of the molecule is CN=C(NCCc1ccccc1)NCc1ccccc1OC1CCC1. The van der Waals surface area contributed by atoms with Crippen LogP contribution in [0.15, 0.2) is 59.6 Å². The molecule has 25 heavy (non-hydrogen) atoms. The molecule has 1 saturated carbocycles. The average Bonchev–Trinajstić information content (AvgIpc) is 2.63. The first-order valence-corrected chi connectivity index (χ1v) is 9.08. The van der Waals surface area contributed by atoms with Crippen LogP contribution in [0.1, 0.15) is 30.4 Å². The van der Waals surface area contributed by atoms with E-state index in [1.807, 2.05) is 12.1 Å². The summed E-state index contributed by atoms with van der Waals surface area (Å²) in [6, 6.07) is 18.7. The van der Waals surface area contributed by atoms with Crippen LogP contribution in [0.25, 0.3) is 0 Å². The normalized spacial score (nSPS) is 14.7. The number of rotatable bonds is 7. The Morgan fingerprint density at radius 3 is 2.52 bits per heavy atom. The van der Waals surface area contributed by atoms with Crippen LogP contribution in [0.2, 0.25) is 0 Å². The van der Waals surface area contributed by atoms with Crippen molar-refractivity contribution in [2.24, 2.45) is 4.99 Å². The van der Waals surface area contributed by atoms with Gasteiger partial charge in [0, 0.05) is 25.7 Å². The van der Waals surface area contributed by atoms with Crippen LogP contribution >= 0.6 is 0 Å². The predicted octanol–water partition coefficient (Wildman–Crippen LogP) is 3.53. The molecule has 4 nitrogen and oxygen atoms in total. The Hall–Kier alpha value is -2.49. The van der Waals surface area contributed by atoms with E-state index in [2.05, 4.69) is 58.1 Å². The molecule has 1 aliphatic carbocycles.